The molecule has 2 N–H and O–H groups in total. The predicted octanol–water partition coefficient (Wildman–Crippen LogP) is 0.714. The third-order valence-corrected chi connectivity index (χ3v) is 3.93. The van der Waals surface area contributed by atoms with Crippen LogP contribution in [0.1, 0.15) is 11.6 Å². The molecule has 0 fully saturated rings. The van der Waals surface area contributed by atoms with Crippen molar-refractivity contribution in [1.29, 1.82) is 0 Å². The Kier molecular flexibility index (Phi) is 3.40. The summed E-state index contributed by atoms with van der Waals surface area (Å²) in [4.78, 5) is 8.15. The Balaban J connectivity index is 1.83. The predicted molar refractivity (Wildman–Crippen MR) is 78.4 cm³/mol. The normalized spacial score (nSPS) is 18.1. The highest BCUT2D eigenvalue weighted by Gasteiger charge is 2.23. The largest absolute Gasteiger partial charge is 0.263 e. The van der Waals surface area contributed by atoms with Crippen LogP contribution >= 0.6 is 0 Å². The summed E-state index contributed by atoms with van der Waals surface area (Å²) < 4.78 is 22.7. The lowest BCUT2D eigenvalue weighted by Crippen LogP contribution is -2.19. The van der Waals surface area contributed by atoms with Crippen LogP contribution in [0.3, 0.4) is 0 Å². The van der Waals surface area contributed by atoms with Gasteiger partial charge in [0, 0.05) is 12.4 Å². The van der Waals surface area contributed by atoms with E-state index in [1.807, 2.05) is 12.1 Å². The zero-order valence-corrected chi connectivity index (χ0v) is 11.8. The standard InChI is InChI=1S/C13H13N5O2S/c14-21(19,20)13-5-1-4-12(17-13)10-7-16-18(9-10)11-3-2-6-15-8-11/h1-8,10H,9H2,(H2,14,19,20). The molecule has 7 nitrogen and oxygen atoms in total. The molecule has 1 aliphatic heterocycles. The highest BCUT2D eigenvalue weighted by Crippen LogP contribution is 2.24. The molecule has 3 heterocycles. The SMILES string of the molecule is NS(=O)(=O)c1cccc(C2C=NN(c3cccnc3)C2)n1. The van der Waals surface area contributed by atoms with Gasteiger partial charge >= 0.3 is 0 Å². The Morgan fingerprint density at radius 1 is 1.24 bits per heavy atom. The van der Waals surface area contributed by atoms with Crippen LogP contribution in [-0.4, -0.2) is 31.1 Å². The third-order valence-electron chi connectivity index (χ3n) is 3.12. The fraction of sp³-hybridized carbons (Fsp3) is 0.154. The van der Waals surface area contributed by atoms with Crippen LogP contribution in [0, 0.1) is 0 Å². The number of pyridine rings is 2. The smallest absolute Gasteiger partial charge is 0.255 e. The summed E-state index contributed by atoms with van der Waals surface area (Å²) in [6.45, 7) is 0.576. The number of primary sulfonamides is 1. The molecule has 0 bridgehead atoms. The van der Waals surface area contributed by atoms with Gasteiger partial charge in [0.25, 0.3) is 10.0 Å². The maximum Gasteiger partial charge on any atom is 0.255 e. The molecule has 0 amide bonds. The van der Waals surface area contributed by atoms with Crippen molar-refractivity contribution in [2.24, 2.45) is 10.2 Å². The summed E-state index contributed by atoms with van der Waals surface area (Å²) in [5, 5.41) is 11.1. The Morgan fingerprint density at radius 3 is 2.81 bits per heavy atom. The first-order valence-corrected chi connectivity index (χ1v) is 7.80. The van der Waals surface area contributed by atoms with Crippen molar-refractivity contribution in [2.45, 2.75) is 10.9 Å². The van der Waals surface area contributed by atoms with Crippen molar-refractivity contribution in [3.05, 3.63) is 48.4 Å². The minimum Gasteiger partial charge on any atom is -0.263 e. The van der Waals surface area contributed by atoms with Crippen LogP contribution in [0.25, 0.3) is 0 Å². The molecule has 0 aromatic carbocycles. The highest BCUT2D eigenvalue weighted by atomic mass is 32.2. The molecule has 21 heavy (non-hydrogen) atoms. The molecule has 0 saturated carbocycles. The molecule has 1 atom stereocenters. The first kappa shape index (κ1) is 13.7. The van der Waals surface area contributed by atoms with E-state index in [9.17, 15) is 8.42 Å². The minimum atomic E-state index is -3.80. The fourth-order valence-electron chi connectivity index (χ4n) is 2.09. The first-order chi connectivity index (χ1) is 10.0. The van der Waals surface area contributed by atoms with E-state index in [0.29, 0.717) is 12.2 Å². The Bertz CT molecular complexity index is 776. The van der Waals surface area contributed by atoms with Crippen molar-refractivity contribution >= 4 is 21.9 Å². The summed E-state index contributed by atoms with van der Waals surface area (Å²) >= 11 is 0. The molecular formula is C13H13N5O2S. The first-order valence-electron chi connectivity index (χ1n) is 6.25. The van der Waals surface area contributed by atoms with Crippen LogP contribution in [0.5, 0.6) is 0 Å². The second-order valence-electron chi connectivity index (χ2n) is 4.61. The van der Waals surface area contributed by atoms with Crippen molar-refractivity contribution in [3.8, 4) is 0 Å². The number of anilines is 1. The molecule has 2 aromatic heterocycles. The average molecular weight is 303 g/mol. The lowest BCUT2D eigenvalue weighted by Gasteiger charge is -2.15. The molecule has 0 saturated heterocycles. The van der Waals surface area contributed by atoms with Crippen molar-refractivity contribution in [3.63, 3.8) is 0 Å². The third kappa shape index (κ3) is 2.91. The summed E-state index contributed by atoms with van der Waals surface area (Å²) in [5.41, 5.74) is 1.50. The van der Waals surface area contributed by atoms with Gasteiger partial charge in [-0.05, 0) is 24.3 Å². The topological polar surface area (TPSA) is 102 Å². The summed E-state index contributed by atoms with van der Waals surface area (Å²) in [5.74, 6) is -0.0908. The lowest BCUT2D eigenvalue weighted by atomic mass is 10.1. The monoisotopic (exact) mass is 303 g/mol. The summed E-state index contributed by atoms with van der Waals surface area (Å²) in [7, 11) is -3.80. The van der Waals surface area contributed by atoms with Gasteiger partial charge in [-0.25, -0.2) is 18.5 Å². The number of hydrogen-bond donors (Lipinski definition) is 1. The van der Waals surface area contributed by atoms with E-state index >= 15 is 0 Å². The lowest BCUT2D eigenvalue weighted by molar-refractivity contribution is 0.593. The van der Waals surface area contributed by atoms with Gasteiger partial charge in [-0.15, -0.1) is 0 Å². The molecule has 0 spiro atoms. The second kappa shape index (κ2) is 5.23. The van der Waals surface area contributed by atoms with E-state index in [2.05, 4.69) is 15.1 Å². The maximum atomic E-state index is 11.3. The minimum absolute atomic E-state index is 0.0908. The summed E-state index contributed by atoms with van der Waals surface area (Å²) in [6.07, 6.45) is 5.15. The quantitative estimate of drug-likeness (QED) is 0.900. The zero-order chi connectivity index (χ0) is 14.9. The second-order valence-corrected chi connectivity index (χ2v) is 6.12. The van der Waals surface area contributed by atoms with Gasteiger partial charge < -0.3 is 0 Å². The van der Waals surface area contributed by atoms with Gasteiger partial charge in [-0.2, -0.15) is 5.10 Å². The fourth-order valence-corrected chi connectivity index (χ4v) is 2.59. The number of nitrogens with zero attached hydrogens (tertiary/aromatic N) is 4. The number of aromatic nitrogens is 2. The van der Waals surface area contributed by atoms with Gasteiger partial charge in [0.1, 0.15) is 0 Å². The van der Waals surface area contributed by atoms with E-state index in [1.54, 1.807) is 35.7 Å². The molecule has 3 rings (SSSR count). The highest BCUT2D eigenvalue weighted by molar-refractivity contribution is 7.89. The maximum absolute atomic E-state index is 11.3. The van der Waals surface area contributed by atoms with Crippen molar-refractivity contribution < 1.29 is 8.42 Å². The van der Waals surface area contributed by atoms with Crippen LogP contribution in [0.2, 0.25) is 0 Å². The molecule has 1 unspecified atom stereocenters. The van der Waals surface area contributed by atoms with Gasteiger partial charge in [0.05, 0.1) is 30.0 Å². The molecule has 0 radical (unpaired) electrons. The number of rotatable bonds is 3. The molecule has 1 aliphatic rings. The van der Waals surface area contributed by atoms with Crippen LogP contribution in [-0.2, 0) is 10.0 Å². The number of hydrogen-bond acceptors (Lipinski definition) is 6. The van der Waals surface area contributed by atoms with E-state index in [4.69, 9.17) is 5.14 Å². The van der Waals surface area contributed by atoms with Crippen LogP contribution < -0.4 is 10.1 Å². The van der Waals surface area contributed by atoms with Crippen molar-refractivity contribution in [2.75, 3.05) is 11.6 Å². The van der Waals surface area contributed by atoms with Gasteiger partial charge in [-0.1, -0.05) is 6.07 Å². The Morgan fingerprint density at radius 2 is 2.10 bits per heavy atom. The van der Waals surface area contributed by atoms with Gasteiger partial charge in [0.15, 0.2) is 5.03 Å². The van der Waals surface area contributed by atoms with E-state index in [1.165, 1.54) is 6.07 Å². The van der Waals surface area contributed by atoms with Crippen LogP contribution in [0.4, 0.5) is 5.69 Å². The van der Waals surface area contributed by atoms with E-state index in [0.717, 1.165) is 5.69 Å². The van der Waals surface area contributed by atoms with E-state index in [-0.39, 0.29) is 10.9 Å². The van der Waals surface area contributed by atoms with E-state index < -0.39 is 10.0 Å². The Labute approximate surface area is 122 Å². The number of hydrazone groups is 1. The zero-order valence-electron chi connectivity index (χ0n) is 11.0. The number of sulfonamides is 1. The molecule has 2 aromatic rings. The van der Waals surface area contributed by atoms with Gasteiger partial charge in [-0.3, -0.25) is 9.99 Å². The molecule has 0 aliphatic carbocycles. The molecule has 108 valence electrons. The Hall–Kier alpha value is -2.32. The van der Waals surface area contributed by atoms with Crippen molar-refractivity contribution in [1.82, 2.24) is 9.97 Å². The summed E-state index contributed by atoms with van der Waals surface area (Å²) in [6, 6.07) is 8.50. The average Bonchev–Trinajstić information content (AvgIpc) is 2.97. The van der Waals surface area contributed by atoms with Crippen LogP contribution in [0.15, 0.2) is 52.9 Å². The molecule has 8 heteroatoms. The number of nitrogens with two attached hydrogens (primary N) is 1. The molecular weight excluding hydrogens is 290 g/mol. The van der Waals surface area contributed by atoms with Gasteiger partial charge in [0.2, 0.25) is 0 Å².